The third-order valence-corrected chi connectivity index (χ3v) is 5.38. The molecule has 0 bridgehead atoms. The number of carbonyl (C=O) groups is 2. The normalized spacial score (nSPS) is 16.3. The fourth-order valence-electron chi connectivity index (χ4n) is 3.81. The van der Waals surface area contributed by atoms with Crippen molar-refractivity contribution in [3.8, 4) is 0 Å². The second-order valence-electron chi connectivity index (χ2n) is 7.21. The standard InChI is InChI=1S/C20H26N6O3.ClH/c1-2-29-20(28)14-4-5-17(22-12-14)25-8-3-9-26(11-10-25)19(27)18-15-13-21-7-6-16(15)23-24-18;/h4-5,12,21H,2-3,6-11,13H2,1H3,(H,23,24);1H. The van der Waals surface area contributed by atoms with Crippen LogP contribution in [-0.4, -0.2) is 71.3 Å². The molecule has 30 heavy (non-hydrogen) atoms. The number of hydrogen-bond donors (Lipinski definition) is 2. The van der Waals surface area contributed by atoms with Gasteiger partial charge in [0.15, 0.2) is 5.69 Å². The third-order valence-electron chi connectivity index (χ3n) is 5.38. The molecule has 0 aliphatic carbocycles. The molecule has 1 amide bonds. The SMILES string of the molecule is CCOC(=O)c1ccc(N2CCCN(C(=O)c3n[nH]c4c3CNCC4)CC2)nc1.Cl. The molecular formula is C20H27ClN6O3. The second-order valence-corrected chi connectivity index (χ2v) is 7.21. The van der Waals surface area contributed by atoms with Crippen LogP contribution in [0.15, 0.2) is 18.3 Å². The van der Waals surface area contributed by atoms with E-state index in [0.717, 1.165) is 43.0 Å². The van der Waals surface area contributed by atoms with Crippen molar-refractivity contribution in [2.24, 2.45) is 0 Å². The fraction of sp³-hybridized carbons (Fsp3) is 0.500. The summed E-state index contributed by atoms with van der Waals surface area (Å²) in [5.74, 6) is 0.420. The molecule has 1 fully saturated rings. The molecule has 4 heterocycles. The fourth-order valence-corrected chi connectivity index (χ4v) is 3.81. The number of carbonyl (C=O) groups excluding carboxylic acids is 2. The second kappa shape index (κ2) is 9.90. The van der Waals surface area contributed by atoms with Crippen molar-refractivity contribution in [3.63, 3.8) is 0 Å². The van der Waals surface area contributed by atoms with Crippen molar-refractivity contribution in [2.45, 2.75) is 26.3 Å². The van der Waals surface area contributed by atoms with Crippen molar-refractivity contribution in [2.75, 3.05) is 44.2 Å². The first kappa shape index (κ1) is 22.0. The summed E-state index contributed by atoms with van der Waals surface area (Å²) in [5.41, 5.74) is 3.05. The number of fused-ring (bicyclic) bond motifs is 1. The number of nitrogens with zero attached hydrogens (tertiary/aromatic N) is 4. The van der Waals surface area contributed by atoms with E-state index in [9.17, 15) is 9.59 Å². The van der Waals surface area contributed by atoms with Crippen molar-refractivity contribution >= 4 is 30.1 Å². The summed E-state index contributed by atoms with van der Waals surface area (Å²) in [5, 5.41) is 10.6. The van der Waals surface area contributed by atoms with Gasteiger partial charge in [-0.25, -0.2) is 9.78 Å². The van der Waals surface area contributed by atoms with E-state index in [1.54, 1.807) is 19.2 Å². The van der Waals surface area contributed by atoms with Crippen LogP contribution in [0.5, 0.6) is 0 Å². The molecule has 162 valence electrons. The lowest BCUT2D eigenvalue weighted by Crippen LogP contribution is -2.36. The Morgan fingerprint density at radius 3 is 2.83 bits per heavy atom. The Morgan fingerprint density at radius 2 is 2.07 bits per heavy atom. The lowest BCUT2D eigenvalue weighted by molar-refractivity contribution is 0.0525. The number of rotatable bonds is 4. The van der Waals surface area contributed by atoms with Gasteiger partial charge in [-0.3, -0.25) is 9.89 Å². The molecule has 1 saturated heterocycles. The average molecular weight is 435 g/mol. The Morgan fingerprint density at radius 1 is 1.20 bits per heavy atom. The Hall–Kier alpha value is -2.65. The van der Waals surface area contributed by atoms with Gasteiger partial charge in [-0.2, -0.15) is 5.10 Å². The lowest BCUT2D eigenvalue weighted by atomic mass is 10.1. The zero-order valence-electron chi connectivity index (χ0n) is 17.0. The minimum Gasteiger partial charge on any atom is -0.462 e. The number of H-pyrrole nitrogens is 1. The summed E-state index contributed by atoms with van der Waals surface area (Å²) in [4.78, 5) is 33.3. The van der Waals surface area contributed by atoms with Crippen LogP contribution in [0, 0.1) is 0 Å². The number of esters is 1. The van der Waals surface area contributed by atoms with Crippen LogP contribution in [0.1, 0.15) is 45.4 Å². The van der Waals surface area contributed by atoms with Crippen LogP contribution in [0.3, 0.4) is 0 Å². The van der Waals surface area contributed by atoms with E-state index < -0.39 is 0 Å². The number of aromatic amines is 1. The van der Waals surface area contributed by atoms with Gasteiger partial charge in [0.2, 0.25) is 0 Å². The van der Waals surface area contributed by atoms with Gasteiger partial charge in [0.05, 0.1) is 12.2 Å². The van der Waals surface area contributed by atoms with Gasteiger partial charge in [-0.1, -0.05) is 0 Å². The first-order chi connectivity index (χ1) is 14.2. The van der Waals surface area contributed by atoms with E-state index in [4.69, 9.17) is 4.74 Å². The molecule has 2 N–H and O–H groups in total. The Kier molecular flexibility index (Phi) is 7.28. The molecule has 0 saturated carbocycles. The zero-order valence-corrected chi connectivity index (χ0v) is 17.8. The smallest absolute Gasteiger partial charge is 0.339 e. The van der Waals surface area contributed by atoms with Gasteiger partial charge < -0.3 is 19.9 Å². The molecule has 10 heteroatoms. The van der Waals surface area contributed by atoms with E-state index in [2.05, 4.69) is 25.4 Å². The van der Waals surface area contributed by atoms with Crippen LogP contribution in [0.25, 0.3) is 0 Å². The van der Waals surface area contributed by atoms with Crippen molar-refractivity contribution in [1.82, 2.24) is 25.4 Å². The Bertz CT molecular complexity index is 885. The topological polar surface area (TPSA) is 103 Å². The highest BCUT2D eigenvalue weighted by Crippen LogP contribution is 2.19. The van der Waals surface area contributed by atoms with Crippen molar-refractivity contribution in [1.29, 1.82) is 0 Å². The lowest BCUT2D eigenvalue weighted by Gasteiger charge is -2.23. The van der Waals surface area contributed by atoms with E-state index in [1.807, 2.05) is 11.0 Å². The van der Waals surface area contributed by atoms with Crippen LogP contribution in [0.2, 0.25) is 0 Å². The number of hydrogen-bond acceptors (Lipinski definition) is 7. The highest BCUT2D eigenvalue weighted by Gasteiger charge is 2.27. The molecule has 2 aliphatic rings. The summed E-state index contributed by atoms with van der Waals surface area (Å²) in [6, 6.07) is 3.57. The van der Waals surface area contributed by atoms with E-state index in [-0.39, 0.29) is 24.3 Å². The van der Waals surface area contributed by atoms with E-state index >= 15 is 0 Å². The first-order valence-corrected chi connectivity index (χ1v) is 10.1. The summed E-state index contributed by atoms with van der Waals surface area (Å²) in [6.07, 6.45) is 3.26. The molecule has 0 spiro atoms. The maximum absolute atomic E-state index is 13.0. The number of halogens is 1. The predicted octanol–water partition coefficient (Wildman–Crippen LogP) is 1.40. The Balaban J connectivity index is 0.00000256. The van der Waals surface area contributed by atoms with E-state index in [1.165, 1.54) is 0 Å². The predicted molar refractivity (Wildman–Crippen MR) is 114 cm³/mol. The van der Waals surface area contributed by atoms with Crippen molar-refractivity contribution in [3.05, 3.63) is 40.8 Å². The van der Waals surface area contributed by atoms with Crippen LogP contribution >= 0.6 is 12.4 Å². The highest BCUT2D eigenvalue weighted by atomic mass is 35.5. The molecule has 0 radical (unpaired) electrons. The molecule has 0 unspecified atom stereocenters. The molecular weight excluding hydrogens is 408 g/mol. The van der Waals surface area contributed by atoms with Gasteiger partial charge in [-0.05, 0) is 25.5 Å². The van der Waals surface area contributed by atoms with Crippen LogP contribution in [0.4, 0.5) is 5.82 Å². The van der Waals surface area contributed by atoms with Gasteiger partial charge in [-0.15, -0.1) is 12.4 Å². The Labute approximate surface area is 181 Å². The molecule has 4 rings (SSSR count). The minimum absolute atomic E-state index is 0. The van der Waals surface area contributed by atoms with Crippen molar-refractivity contribution < 1.29 is 14.3 Å². The summed E-state index contributed by atoms with van der Waals surface area (Å²) in [6.45, 7) is 6.48. The molecule has 2 aromatic heterocycles. The summed E-state index contributed by atoms with van der Waals surface area (Å²) < 4.78 is 5.00. The number of anilines is 1. The van der Waals surface area contributed by atoms with Gasteiger partial charge in [0.25, 0.3) is 5.91 Å². The maximum atomic E-state index is 13.0. The van der Waals surface area contributed by atoms with Crippen LogP contribution < -0.4 is 10.2 Å². The number of aromatic nitrogens is 3. The quantitative estimate of drug-likeness (QED) is 0.701. The highest BCUT2D eigenvalue weighted by molar-refractivity contribution is 5.94. The zero-order chi connectivity index (χ0) is 20.2. The largest absolute Gasteiger partial charge is 0.462 e. The number of pyridine rings is 1. The molecule has 2 aliphatic heterocycles. The number of nitrogens with one attached hydrogen (secondary N) is 2. The minimum atomic E-state index is -0.365. The third kappa shape index (κ3) is 4.57. The maximum Gasteiger partial charge on any atom is 0.339 e. The average Bonchev–Trinajstić information content (AvgIpc) is 3.03. The number of ether oxygens (including phenoxy) is 1. The van der Waals surface area contributed by atoms with Gasteiger partial charge in [0, 0.05) is 63.1 Å². The number of amides is 1. The van der Waals surface area contributed by atoms with Gasteiger partial charge >= 0.3 is 5.97 Å². The van der Waals surface area contributed by atoms with Gasteiger partial charge in [0.1, 0.15) is 5.82 Å². The molecule has 0 atom stereocenters. The van der Waals surface area contributed by atoms with Crippen LogP contribution in [-0.2, 0) is 17.7 Å². The van der Waals surface area contributed by atoms with E-state index in [0.29, 0.717) is 44.0 Å². The molecule has 2 aromatic rings. The summed E-state index contributed by atoms with van der Waals surface area (Å²) >= 11 is 0. The molecule has 9 nitrogen and oxygen atoms in total. The molecule has 0 aromatic carbocycles. The monoisotopic (exact) mass is 434 g/mol. The summed E-state index contributed by atoms with van der Waals surface area (Å²) in [7, 11) is 0. The first-order valence-electron chi connectivity index (χ1n) is 10.1.